The molecule has 1 rings (SSSR count). The average Bonchev–Trinajstić information content (AvgIpc) is 2.03. The summed E-state index contributed by atoms with van der Waals surface area (Å²) in [5, 5.41) is 0. The third-order valence-electron chi connectivity index (χ3n) is 3.15. The fourth-order valence-corrected chi connectivity index (χ4v) is 2.27. The van der Waals surface area contributed by atoms with E-state index in [1.54, 1.807) is 0 Å². The van der Waals surface area contributed by atoms with E-state index >= 15 is 0 Å². The van der Waals surface area contributed by atoms with Gasteiger partial charge >= 0.3 is 0 Å². The van der Waals surface area contributed by atoms with E-state index < -0.39 is 0 Å². The van der Waals surface area contributed by atoms with Crippen LogP contribution >= 0.6 is 0 Å². The molecule has 0 aromatic carbocycles. The van der Waals surface area contributed by atoms with Crippen molar-refractivity contribution in [3.05, 3.63) is 0 Å². The number of hydrogen-bond acceptors (Lipinski definition) is 2. The highest BCUT2D eigenvalue weighted by atomic mass is 14.7. The van der Waals surface area contributed by atoms with Crippen LogP contribution in [0.5, 0.6) is 0 Å². The predicted octanol–water partition coefficient (Wildman–Crippen LogP) is 1.34. The van der Waals surface area contributed by atoms with Gasteiger partial charge in [0.05, 0.1) is 0 Å². The van der Waals surface area contributed by atoms with E-state index in [1.807, 2.05) is 0 Å². The molecule has 2 nitrogen and oxygen atoms in total. The topological polar surface area (TPSA) is 52.0 Å². The van der Waals surface area contributed by atoms with Crippen LogP contribution in [-0.2, 0) is 0 Å². The first-order valence-electron chi connectivity index (χ1n) is 5.09. The summed E-state index contributed by atoms with van der Waals surface area (Å²) in [5.41, 5.74) is 11.6. The van der Waals surface area contributed by atoms with Crippen molar-refractivity contribution in [2.75, 3.05) is 6.54 Å². The van der Waals surface area contributed by atoms with Crippen LogP contribution < -0.4 is 11.5 Å². The van der Waals surface area contributed by atoms with E-state index in [0.29, 0.717) is 12.0 Å². The normalized spacial score (nSPS) is 37.2. The quantitative estimate of drug-likeness (QED) is 0.657. The lowest BCUT2D eigenvalue weighted by Crippen LogP contribution is -2.37. The molecule has 2 heteroatoms. The lowest BCUT2D eigenvalue weighted by atomic mass is 9.74. The van der Waals surface area contributed by atoms with Gasteiger partial charge in [-0.2, -0.15) is 0 Å². The molecule has 12 heavy (non-hydrogen) atoms. The molecule has 3 unspecified atom stereocenters. The molecule has 0 spiro atoms. The average molecular weight is 170 g/mol. The standard InChI is InChI=1S/C10H22N2/c1-7(2)9-3-8(6-11)4-10(12)5-9/h7-10H,3-6,11-12H2,1-2H3. The molecule has 1 saturated carbocycles. The van der Waals surface area contributed by atoms with Crippen LogP contribution in [0.3, 0.4) is 0 Å². The number of rotatable bonds is 2. The van der Waals surface area contributed by atoms with Crippen molar-refractivity contribution in [2.24, 2.45) is 29.2 Å². The fraction of sp³-hybridized carbons (Fsp3) is 1.00. The molecule has 0 amide bonds. The molecule has 1 aliphatic carbocycles. The highest BCUT2D eigenvalue weighted by molar-refractivity contribution is 4.82. The van der Waals surface area contributed by atoms with E-state index in [4.69, 9.17) is 11.5 Å². The summed E-state index contributed by atoms with van der Waals surface area (Å²) >= 11 is 0. The molecule has 0 saturated heterocycles. The Morgan fingerprint density at radius 1 is 1.25 bits per heavy atom. The molecule has 0 bridgehead atoms. The monoisotopic (exact) mass is 170 g/mol. The zero-order valence-corrected chi connectivity index (χ0v) is 8.29. The van der Waals surface area contributed by atoms with Crippen molar-refractivity contribution >= 4 is 0 Å². The maximum Gasteiger partial charge on any atom is 0.00446 e. The van der Waals surface area contributed by atoms with Gasteiger partial charge in [-0.15, -0.1) is 0 Å². The second-order valence-corrected chi connectivity index (χ2v) is 4.57. The van der Waals surface area contributed by atoms with E-state index in [-0.39, 0.29) is 0 Å². The smallest absolute Gasteiger partial charge is 0.00446 e. The minimum atomic E-state index is 0.402. The molecule has 1 aliphatic rings. The lowest BCUT2D eigenvalue weighted by molar-refractivity contribution is 0.197. The zero-order chi connectivity index (χ0) is 9.14. The van der Waals surface area contributed by atoms with Gasteiger partial charge in [-0.1, -0.05) is 13.8 Å². The van der Waals surface area contributed by atoms with Gasteiger partial charge in [0.15, 0.2) is 0 Å². The minimum absolute atomic E-state index is 0.402. The van der Waals surface area contributed by atoms with E-state index in [1.165, 1.54) is 12.8 Å². The van der Waals surface area contributed by atoms with Crippen LogP contribution in [0.25, 0.3) is 0 Å². The highest BCUT2D eigenvalue weighted by Crippen LogP contribution is 2.32. The second kappa shape index (κ2) is 4.24. The van der Waals surface area contributed by atoms with Crippen molar-refractivity contribution < 1.29 is 0 Å². The molecule has 4 N–H and O–H groups in total. The molecule has 0 heterocycles. The Morgan fingerprint density at radius 2 is 1.92 bits per heavy atom. The summed E-state index contributed by atoms with van der Waals surface area (Å²) in [7, 11) is 0. The summed E-state index contributed by atoms with van der Waals surface area (Å²) in [5.74, 6) is 2.26. The van der Waals surface area contributed by atoms with Gasteiger partial charge < -0.3 is 11.5 Å². The molecule has 3 atom stereocenters. The summed E-state index contributed by atoms with van der Waals surface area (Å²) in [6, 6.07) is 0.402. The molecule has 0 aromatic rings. The minimum Gasteiger partial charge on any atom is -0.330 e. The number of hydrogen-bond donors (Lipinski definition) is 2. The van der Waals surface area contributed by atoms with Gasteiger partial charge in [0, 0.05) is 6.04 Å². The third-order valence-corrected chi connectivity index (χ3v) is 3.15. The Bertz CT molecular complexity index is 134. The fourth-order valence-electron chi connectivity index (χ4n) is 2.27. The van der Waals surface area contributed by atoms with E-state index in [0.717, 1.165) is 24.8 Å². The molecule has 0 radical (unpaired) electrons. The molecular formula is C10H22N2. The van der Waals surface area contributed by atoms with Gasteiger partial charge in [0.2, 0.25) is 0 Å². The summed E-state index contributed by atoms with van der Waals surface area (Å²) in [6.45, 7) is 5.39. The first-order valence-corrected chi connectivity index (χ1v) is 5.09. The van der Waals surface area contributed by atoms with Gasteiger partial charge in [0.25, 0.3) is 0 Å². The summed E-state index contributed by atoms with van der Waals surface area (Å²) in [6.07, 6.45) is 3.63. The van der Waals surface area contributed by atoms with Gasteiger partial charge in [-0.25, -0.2) is 0 Å². The van der Waals surface area contributed by atoms with Gasteiger partial charge in [-0.3, -0.25) is 0 Å². The molecule has 0 aliphatic heterocycles. The Kier molecular flexibility index (Phi) is 3.53. The first-order chi connectivity index (χ1) is 5.63. The van der Waals surface area contributed by atoms with Crippen molar-refractivity contribution in [2.45, 2.75) is 39.2 Å². The van der Waals surface area contributed by atoms with Crippen LogP contribution in [0.15, 0.2) is 0 Å². The Hall–Kier alpha value is -0.0800. The first kappa shape index (κ1) is 10.0. The highest BCUT2D eigenvalue weighted by Gasteiger charge is 2.27. The third kappa shape index (κ3) is 2.46. The summed E-state index contributed by atoms with van der Waals surface area (Å²) in [4.78, 5) is 0. The van der Waals surface area contributed by atoms with Crippen LogP contribution in [0.1, 0.15) is 33.1 Å². The Morgan fingerprint density at radius 3 is 2.42 bits per heavy atom. The van der Waals surface area contributed by atoms with E-state index in [2.05, 4.69) is 13.8 Å². The van der Waals surface area contributed by atoms with Crippen molar-refractivity contribution in [1.29, 1.82) is 0 Å². The van der Waals surface area contributed by atoms with Crippen molar-refractivity contribution in [3.63, 3.8) is 0 Å². The number of nitrogens with two attached hydrogens (primary N) is 2. The van der Waals surface area contributed by atoms with Crippen LogP contribution in [0, 0.1) is 17.8 Å². The molecule has 1 fully saturated rings. The van der Waals surface area contributed by atoms with E-state index in [9.17, 15) is 0 Å². The largest absolute Gasteiger partial charge is 0.330 e. The second-order valence-electron chi connectivity index (χ2n) is 4.57. The molecular weight excluding hydrogens is 148 g/mol. The van der Waals surface area contributed by atoms with Crippen LogP contribution in [0.2, 0.25) is 0 Å². The molecule has 0 aromatic heterocycles. The van der Waals surface area contributed by atoms with Crippen LogP contribution in [-0.4, -0.2) is 12.6 Å². The molecule has 72 valence electrons. The Balaban J connectivity index is 2.45. The maximum atomic E-state index is 5.97. The maximum absolute atomic E-state index is 5.97. The lowest BCUT2D eigenvalue weighted by Gasteiger charge is -2.34. The van der Waals surface area contributed by atoms with Gasteiger partial charge in [0.1, 0.15) is 0 Å². The van der Waals surface area contributed by atoms with Crippen molar-refractivity contribution in [1.82, 2.24) is 0 Å². The Labute approximate surface area is 75.7 Å². The zero-order valence-electron chi connectivity index (χ0n) is 8.29. The predicted molar refractivity (Wildman–Crippen MR) is 52.7 cm³/mol. The van der Waals surface area contributed by atoms with Crippen molar-refractivity contribution in [3.8, 4) is 0 Å². The van der Waals surface area contributed by atoms with Crippen LogP contribution in [0.4, 0.5) is 0 Å². The SMILES string of the molecule is CC(C)C1CC(N)CC(CN)C1. The van der Waals surface area contributed by atoms with Gasteiger partial charge in [-0.05, 0) is 43.6 Å². The summed E-state index contributed by atoms with van der Waals surface area (Å²) < 4.78 is 0.